The number of nitrogens with zero attached hydrogens (tertiary/aromatic N) is 2. The zero-order valence-electron chi connectivity index (χ0n) is 9.87. The number of H-pyrrole nitrogens is 1. The van der Waals surface area contributed by atoms with Gasteiger partial charge in [0.25, 0.3) is 5.91 Å². The molecule has 98 valence electrons. The van der Waals surface area contributed by atoms with Crippen LogP contribution in [-0.4, -0.2) is 38.6 Å². The summed E-state index contributed by atoms with van der Waals surface area (Å²) in [6.07, 6.45) is 3.58. The van der Waals surface area contributed by atoms with Crippen molar-refractivity contribution in [1.29, 1.82) is 0 Å². The van der Waals surface area contributed by atoms with E-state index in [4.69, 9.17) is 0 Å². The van der Waals surface area contributed by atoms with Gasteiger partial charge < -0.3 is 10.0 Å². The number of carboxylic acids is 1. The summed E-state index contributed by atoms with van der Waals surface area (Å²) in [5, 5.41) is 17.6. The van der Waals surface area contributed by atoms with Crippen LogP contribution in [0.4, 0.5) is 0 Å². The van der Waals surface area contributed by atoms with Crippen molar-refractivity contribution in [2.24, 2.45) is 0 Å². The maximum absolute atomic E-state index is 12.3. The molecule has 3 rings (SSSR count). The molecule has 1 aliphatic rings. The van der Waals surface area contributed by atoms with E-state index in [0.717, 1.165) is 10.4 Å². The molecule has 2 N–H and O–H groups in total. The molecule has 1 amide bonds. The Morgan fingerprint density at radius 2 is 2.37 bits per heavy atom. The number of fused-ring (bicyclic) bond motifs is 1. The van der Waals surface area contributed by atoms with Crippen LogP contribution >= 0.6 is 11.3 Å². The van der Waals surface area contributed by atoms with Gasteiger partial charge in [0.15, 0.2) is 6.04 Å². The number of amides is 1. The lowest BCUT2D eigenvalue weighted by molar-refractivity contribution is -0.142. The summed E-state index contributed by atoms with van der Waals surface area (Å²) in [5.41, 5.74) is 1.10. The van der Waals surface area contributed by atoms with Crippen molar-refractivity contribution >= 4 is 23.2 Å². The Bertz CT molecular complexity index is 620. The van der Waals surface area contributed by atoms with Gasteiger partial charge in [0.05, 0.1) is 11.8 Å². The van der Waals surface area contributed by atoms with E-state index in [1.54, 1.807) is 6.07 Å². The average Bonchev–Trinajstić information content (AvgIpc) is 3.06. The highest BCUT2D eigenvalue weighted by atomic mass is 32.1. The zero-order chi connectivity index (χ0) is 13.4. The molecule has 0 aliphatic carbocycles. The van der Waals surface area contributed by atoms with Crippen LogP contribution in [-0.2, 0) is 11.2 Å². The Labute approximate surface area is 112 Å². The predicted octanol–water partition coefficient (Wildman–Crippen LogP) is 1.30. The minimum absolute atomic E-state index is 0.307. The number of aromatic nitrogens is 2. The van der Waals surface area contributed by atoms with Gasteiger partial charge in [-0.1, -0.05) is 0 Å². The fourth-order valence-corrected chi connectivity index (χ4v) is 3.24. The number of hydrogen-bond donors (Lipinski definition) is 2. The van der Waals surface area contributed by atoms with Gasteiger partial charge >= 0.3 is 5.97 Å². The Morgan fingerprint density at radius 1 is 1.53 bits per heavy atom. The quantitative estimate of drug-likeness (QED) is 0.866. The van der Waals surface area contributed by atoms with E-state index in [0.29, 0.717) is 18.5 Å². The van der Waals surface area contributed by atoms with E-state index < -0.39 is 12.0 Å². The van der Waals surface area contributed by atoms with E-state index in [2.05, 4.69) is 10.2 Å². The first kappa shape index (κ1) is 11.9. The van der Waals surface area contributed by atoms with E-state index in [9.17, 15) is 14.7 Å². The lowest BCUT2D eigenvalue weighted by Gasteiger charge is -2.32. The second-order valence-electron chi connectivity index (χ2n) is 4.28. The molecule has 1 unspecified atom stereocenters. The first-order valence-electron chi connectivity index (χ1n) is 5.77. The summed E-state index contributed by atoms with van der Waals surface area (Å²) < 4.78 is 0. The highest BCUT2D eigenvalue weighted by Gasteiger charge is 2.37. The van der Waals surface area contributed by atoms with Crippen LogP contribution in [0.25, 0.3) is 0 Å². The summed E-state index contributed by atoms with van der Waals surface area (Å²) in [7, 11) is 0. The molecule has 7 heteroatoms. The molecule has 1 atom stereocenters. The summed E-state index contributed by atoms with van der Waals surface area (Å²) in [6.45, 7) is 0.411. The third-order valence-corrected chi connectivity index (χ3v) is 4.20. The van der Waals surface area contributed by atoms with Crippen LogP contribution in [0.15, 0.2) is 23.8 Å². The van der Waals surface area contributed by atoms with Crippen molar-refractivity contribution in [3.63, 3.8) is 0 Å². The third kappa shape index (κ3) is 1.91. The minimum Gasteiger partial charge on any atom is -0.479 e. The minimum atomic E-state index is -1.00. The first-order valence-corrected chi connectivity index (χ1v) is 6.65. The van der Waals surface area contributed by atoms with E-state index in [1.165, 1.54) is 28.6 Å². The standard InChI is InChI=1S/C12H11N3O3S/c16-11(7-5-13-14-6-7)15-3-1-9-8(2-4-19-9)10(15)12(17)18/h2,4-6,10H,1,3H2,(H,13,14)(H,17,18). The highest BCUT2D eigenvalue weighted by molar-refractivity contribution is 7.10. The van der Waals surface area contributed by atoms with Gasteiger partial charge in [0, 0.05) is 17.6 Å². The number of carbonyl (C=O) groups excluding carboxylic acids is 1. The Balaban J connectivity index is 1.98. The molecule has 3 heterocycles. The molecule has 0 saturated carbocycles. The number of aromatic amines is 1. The van der Waals surface area contributed by atoms with Crippen LogP contribution in [0.2, 0.25) is 0 Å². The van der Waals surface area contributed by atoms with Crippen LogP contribution in [0.5, 0.6) is 0 Å². The van der Waals surface area contributed by atoms with Crippen LogP contribution in [0, 0.1) is 0 Å². The van der Waals surface area contributed by atoms with Crippen molar-refractivity contribution in [3.8, 4) is 0 Å². The van der Waals surface area contributed by atoms with Gasteiger partial charge in [-0.15, -0.1) is 11.3 Å². The van der Waals surface area contributed by atoms with Crippen molar-refractivity contribution in [1.82, 2.24) is 15.1 Å². The highest BCUT2D eigenvalue weighted by Crippen LogP contribution is 2.34. The molecule has 0 saturated heterocycles. The number of nitrogens with one attached hydrogen (secondary N) is 1. The predicted molar refractivity (Wildman–Crippen MR) is 68.0 cm³/mol. The maximum Gasteiger partial charge on any atom is 0.331 e. The number of thiophene rings is 1. The van der Waals surface area contributed by atoms with Crippen molar-refractivity contribution in [3.05, 3.63) is 39.8 Å². The smallest absolute Gasteiger partial charge is 0.331 e. The molecular weight excluding hydrogens is 266 g/mol. The van der Waals surface area contributed by atoms with Gasteiger partial charge in [-0.3, -0.25) is 9.89 Å². The molecule has 0 spiro atoms. The van der Waals surface area contributed by atoms with Crippen LogP contribution in [0.1, 0.15) is 26.8 Å². The number of carboxylic acid groups (broad SMARTS) is 1. The fourth-order valence-electron chi connectivity index (χ4n) is 2.34. The van der Waals surface area contributed by atoms with Crippen LogP contribution < -0.4 is 0 Å². The Kier molecular flexibility index (Phi) is 2.83. The van der Waals surface area contributed by atoms with E-state index in [-0.39, 0.29) is 5.91 Å². The number of rotatable bonds is 2. The number of hydrogen-bond acceptors (Lipinski definition) is 4. The average molecular weight is 277 g/mol. The number of aliphatic carboxylic acids is 1. The molecule has 2 aromatic rings. The summed E-state index contributed by atoms with van der Waals surface area (Å²) >= 11 is 1.54. The van der Waals surface area contributed by atoms with Gasteiger partial charge in [-0.25, -0.2) is 4.79 Å². The Hall–Kier alpha value is -2.15. The normalized spacial score (nSPS) is 18.1. The molecule has 0 bridgehead atoms. The maximum atomic E-state index is 12.3. The van der Waals surface area contributed by atoms with Crippen molar-refractivity contribution in [2.45, 2.75) is 12.5 Å². The second-order valence-corrected chi connectivity index (χ2v) is 5.28. The lowest BCUT2D eigenvalue weighted by Crippen LogP contribution is -2.42. The molecule has 0 fully saturated rings. The summed E-state index contributed by atoms with van der Waals surface area (Å²) in [4.78, 5) is 26.2. The van der Waals surface area contributed by atoms with Gasteiger partial charge in [0.1, 0.15) is 0 Å². The molecule has 0 aromatic carbocycles. The lowest BCUT2D eigenvalue weighted by atomic mass is 9.99. The van der Waals surface area contributed by atoms with Gasteiger partial charge in [0.2, 0.25) is 0 Å². The van der Waals surface area contributed by atoms with E-state index >= 15 is 0 Å². The molecular formula is C12H11N3O3S. The summed E-state index contributed by atoms with van der Waals surface area (Å²) in [5.74, 6) is -1.31. The monoisotopic (exact) mass is 277 g/mol. The SMILES string of the molecule is O=C(O)C1c2ccsc2CCN1C(=O)c1cn[nH]c1. The van der Waals surface area contributed by atoms with Gasteiger partial charge in [-0.05, 0) is 23.4 Å². The molecule has 0 radical (unpaired) electrons. The van der Waals surface area contributed by atoms with Gasteiger partial charge in [-0.2, -0.15) is 5.10 Å². The topological polar surface area (TPSA) is 86.3 Å². The van der Waals surface area contributed by atoms with Crippen molar-refractivity contribution in [2.75, 3.05) is 6.54 Å². The summed E-state index contributed by atoms with van der Waals surface area (Å²) in [6, 6.07) is 0.880. The third-order valence-electron chi connectivity index (χ3n) is 3.21. The van der Waals surface area contributed by atoms with Crippen molar-refractivity contribution < 1.29 is 14.7 Å². The zero-order valence-corrected chi connectivity index (χ0v) is 10.7. The fraction of sp³-hybridized carbons (Fsp3) is 0.250. The van der Waals surface area contributed by atoms with Crippen LogP contribution in [0.3, 0.4) is 0 Å². The molecule has 6 nitrogen and oxygen atoms in total. The molecule has 19 heavy (non-hydrogen) atoms. The largest absolute Gasteiger partial charge is 0.479 e. The molecule has 2 aromatic heterocycles. The number of carbonyl (C=O) groups is 2. The Morgan fingerprint density at radius 3 is 3.05 bits per heavy atom. The second kappa shape index (κ2) is 4.51. The first-order chi connectivity index (χ1) is 9.18. The molecule has 1 aliphatic heterocycles. The van der Waals surface area contributed by atoms with E-state index in [1.807, 2.05) is 5.38 Å².